The SMILES string of the molecule is C=O.CCC(C)(C)C(O)C(=O)N1CCCC[C@H]1COCCCc1ccccc1. The number of rotatable bonds is 9. The summed E-state index contributed by atoms with van der Waals surface area (Å²) in [5.41, 5.74) is 0.936. The molecule has 0 spiro atoms. The van der Waals surface area contributed by atoms with Crippen LogP contribution in [-0.4, -0.2) is 54.6 Å². The summed E-state index contributed by atoms with van der Waals surface area (Å²) < 4.78 is 5.89. The normalized spacial score (nSPS) is 18.1. The number of ether oxygens (including phenoxy) is 1. The number of hydrogen-bond acceptors (Lipinski definition) is 4. The second kappa shape index (κ2) is 12.7. The van der Waals surface area contributed by atoms with Gasteiger partial charge in [0.15, 0.2) is 0 Å². The van der Waals surface area contributed by atoms with Gasteiger partial charge in [-0.15, -0.1) is 0 Å². The Morgan fingerprint density at radius 3 is 2.61 bits per heavy atom. The summed E-state index contributed by atoms with van der Waals surface area (Å²) in [6, 6.07) is 10.5. The summed E-state index contributed by atoms with van der Waals surface area (Å²) in [5, 5.41) is 10.5. The number of benzene rings is 1. The Bertz CT molecular complexity index is 561. The van der Waals surface area contributed by atoms with Crippen molar-refractivity contribution in [2.75, 3.05) is 19.8 Å². The Labute approximate surface area is 170 Å². The van der Waals surface area contributed by atoms with Gasteiger partial charge < -0.3 is 19.5 Å². The van der Waals surface area contributed by atoms with Gasteiger partial charge in [-0.3, -0.25) is 4.79 Å². The van der Waals surface area contributed by atoms with Gasteiger partial charge in [0.25, 0.3) is 5.91 Å². The molecular formula is C23H37NO4. The zero-order valence-electron chi connectivity index (χ0n) is 17.7. The van der Waals surface area contributed by atoms with E-state index < -0.39 is 11.5 Å². The zero-order valence-corrected chi connectivity index (χ0v) is 17.7. The van der Waals surface area contributed by atoms with Crippen molar-refractivity contribution in [3.63, 3.8) is 0 Å². The Morgan fingerprint density at radius 2 is 1.96 bits per heavy atom. The van der Waals surface area contributed by atoms with Crippen LogP contribution in [0.2, 0.25) is 0 Å². The molecule has 1 saturated heterocycles. The number of carbonyl (C=O) groups is 2. The summed E-state index contributed by atoms with van der Waals surface area (Å²) in [6.45, 7) is 9.92. The van der Waals surface area contributed by atoms with Crippen LogP contribution in [0.3, 0.4) is 0 Å². The van der Waals surface area contributed by atoms with Gasteiger partial charge in [0.1, 0.15) is 12.9 Å². The Hall–Kier alpha value is -1.72. The van der Waals surface area contributed by atoms with Crippen molar-refractivity contribution in [2.24, 2.45) is 5.41 Å². The number of piperidine rings is 1. The van der Waals surface area contributed by atoms with E-state index in [2.05, 4.69) is 24.3 Å². The highest BCUT2D eigenvalue weighted by Crippen LogP contribution is 2.28. The van der Waals surface area contributed by atoms with E-state index in [0.29, 0.717) is 13.2 Å². The van der Waals surface area contributed by atoms with Gasteiger partial charge in [0, 0.05) is 13.2 Å². The maximum atomic E-state index is 12.8. The van der Waals surface area contributed by atoms with Gasteiger partial charge in [0.2, 0.25) is 0 Å². The minimum Gasteiger partial charge on any atom is -0.383 e. The van der Waals surface area contributed by atoms with E-state index in [1.54, 1.807) is 0 Å². The van der Waals surface area contributed by atoms with E-state index in [4.69, 9.17) is 9.53 Å². The first-order valence-corrected chi connectivity index (χ1v) is 10.3. The monoisotopic (exact) mass is 391 g/mol. The second-order valence-electron chi connectivity index (χ2n) is 8.09. The molecule has 5 heteroatoms. The summed E-state index contributed by atoms with van der Waals surface area (Å²) in [4.78, 5) is 22.7. The van der Waals surface area contributed by atoms with E-state index in [-0.39, 0.29) is 11.9 Å². The molecule has 1 heterocycles. The van der Waals surface area contributed by atoms with Gasteiger partial charge >= 0.3 is 0 Å². The van der Waals surface area contributed by atoms with Crippen LogP contribution in [0.15, 0.2) is 30.3 Å². The van der Waals surface area contributed by atoms with E-state index in [0.717, 1.165) is 45.1 Å². The third-order valence-corrected chi connectivity index (χ3v) is 5.70. The van der Waals surface area contributed by atoms with E-state index in [1.165, 1.54) is 5.56 Å². The first-order chi connectivity index (χ1) is 13.5. The van der Waals surface area contributed by atoms with E-state index in [1.807, 2.05) is 38.5 Å². The molecule has 1 aliphatic rings. The van der Waals surface area contributed by atoms with Crippen LogP contribution in [0.25, 0.3) is 0 Å². The fourth-order valence-corrected chi connectivity index (χ4v) is 3.39. The number of hydrogen-bond donors (Lipinski definition) is 1. The molecule has 0 aromatic heterocycles. The quantitative estimate of drug-likeness (QED) is 0.653. The fourth-order valence-electron chi connectivity index (χ4n) is 3.39. The van der Waals surface area contributed by atoms with Gasteiger partial charge in [-0.05, 0) is 49.5 Å². The predicted molar refractivity (Wildman–Crippen MR) is 112 cm³/mol. The number of carbonyl (C=O) groups excluding carboxylic acids is 2. The molecule has 1 aliphatic heterocycles. The average molecular weight is 392 g/mol. The van der Waals surface area contributed by atoms with Crippen LogP contribution < -0.4 is 0 Å². The van der Waals surface area contributed by atoms with E-state index >= 15 is 0 Å². The summed E-state index contributed by atoms with van der Waals surface area (Å²) in [6.07, 6.45) is 4.92. The minimum absolute atomic E-state index is 0.0929. The van der Waals surface area contributed by atoms with Crippen LogP contribution in [-0.2, 0) is 20.7 Å². The number of aryl methyl sites for hydroxylation is 1. The third-order valence-electron chi connectivity index (χ3n) is 5.70. The molecule has 1 unspecified atom stereocenters. The number of aliphatic hydroxyl groups excluding tert-OH is 1. The van der Waals surface area contributed by atoms with Crippen molar-refractivity contribution < 1.29 is 19.4 Å². The van der Waals surface area contributed by atoms with Crippen LogP contribution in [0.1, 0.15) is 58.4 Å². The molecule has 2 atom stereocenters. The molecule has 0 bridgehead atoms. The predicted octanol–water partition coefficient (Wildman–Crippen LogP) is 3.63. The summed E-state index contributed by atoms with van der Waals surface area (Å²) in [5.74, 6) is -0.130. The average Bonchev–Trinajstić information content (AvgIpc) is 2.75. The lowest BCUT2D eigenvalue weighted by Gasteiger charge is -2.39. The molecule has 28 heavy (non-hydrogen) atoms. The van der Waals surface area contributed by atoms with Crippen LogP contribution >= 0.6 is 0 Å². The van der Waals surface area contributed by atoms with Gasteiger partial charge in [0.05, 0.1) is 12.6 Å². The molecule has 1 N–H and O–H groups in total. The standard InChI is InChI=1S/C22H35NO3.CH2O/c1-4-22(2,3)20(24)21(25)23-15-9-8-14-19(23)17-26-16-10-13-18-11-6-5-7-12-18;1-2/h5-7,11-12,19-20,24H,4,8-10,13-17H2,1-3H3;1H2/t19-,20?;/m0./s1. The van der Waals surface area contributed by atoms with E-state index in [9.17, 15) is 9.90 Å². The number of nitrogens with zero attached hydrogens (tertiary/aromatic N) is 1. The highest BCUT2D eigenvalue weighted by Gasteiger charge is 2.37. The minimum atomic E-state index is -0.939. The molecule has 2 rings (SSSR count). The maximum Gasteiger partial charge on any atom is 0.252 e. The van der Waals surface area contributed by atoms with Crippen LogP contribution in [0.4, 0.5) is 0 Å². The molecule has 1 aromatic rings. The molecule has 0 aliphatic carbocycles. The van der Waals surface area contributed by atoms with Crippen LogP contribution in [0, 0.1) is 5.41 Å². The molecule has 0 radical (unpaired) electrons. The van der Waals surface area contributed by atoms with Crippen molar-refractivity contribution >= 4 is 12.7 Å². The highest BCUT2D eigenvalue weighted by molar-refractivity contribution is 5.82. The van der Waals surface area contributed by atoms with Gasteiger partial charge in [-0.1, -0.05) is 51.1 Å². The first kappa shape index (κ1) is 24.3. The lowest BCUT2D eigenvalue weighted by molar-refractivity contribution is -0.152. The molecule has 5 nitrogen and oxygen atoms in total. The van der Waals surface area contributed by atoms with Gasteiger partial charge in [-0.25, -0.2) is 0 Å². The van der Waals surface area contributed by atoms with Crippen LogP contribution in [0.5, 0.6) is 0 Å². The largest absolute Gasteiger partial charge is 0.383 e. The Balaban J connectivity index is 0.00000190. The van der Waals surface area contributed by atoms with Crippen molar-refractivity contribution in [1.82, 2.24) is 4.90 Å². The molecule has 1 aromatic carbocycles. The number of aliphatic hydroxyl groups is 1. The Kier molecular flexibility index (Phi) is 11.0. The topological polar surface area (TPSA) is 66.8 Å². The fraction of sp³-hybridized carbons (Fsp3) is 0.652. The maximum absolute atomic E-state index is 12.8. The zero-order chi connectivity index (χ0) is 21.0. The van der Waals surface area contributed by atoms with Crippen molar-refractivity contribution in [3.8, 4) is 0 Å². The second-order valence-corrected chi connectivity index (χ2v) is 8.09. The molecule has 0 saturated carbocycles. The molecule has 1 amide bonds. The van der Waals surface area contributed by atoms with Gasteiger partial charge in [-0.2, -0.15) is 0 Å². The highest BCUT2D eigenvalue weighted by atomic mass is 16.5. The lowest BCUT2D eigenvalue weighted by atomic mass is 9.82. The molecule has 158 valence electrons. The third kappa shape index (κ3) is 7.36. The van der Waals surface area contributed by atoms with Crippen molar-refractivity contribution in [2.45, 2.75) is 71.4 Å². The van der Waals surface area contributed by atoms with Crippen molar-refractivity contribution in [3.05, 3.63) is 35.9 Å². The Morgan fingerprint density at radius 1 is 1.29 bits per heavy atom. The summed E-state index contributed by atoms with van der Waals surface area (Å²) in [7, 11) is 0. The number of likely N-dealkylation sites (tertiary alicyclic amines) is 1. The molecule has 1 fully saturated rings. The number of amides is 1. The lowest BCUT2D eigenvalue weighted by Crippen LogP contribution is -2.53. The summed E-state index contributed by atoms with van der Waals surface area (Å²) >= 11 is 0. The van der Waals surface area contributed by atoms with Crippen molar-refractivity contribution in [1.29, 1.82) is 0 Å². The first-order valence-electron chi connectivity index (χ1n) is 10.3. The molecular weight excluding hydrogens is 354 g/mol. The smallest absolute Gasteiger partial charge is 0.252 e.